The molecule has 1 atom stereocenters. The summed E-state index contributed by atoms with van der Waals surface area (Å²) in [7, 11) is -1.88. The van der Waals surface area contributed by atoms with Crippen LogP contribution < -0.4 is 0 Å². The summed E-state index contributed by atoms with van der Waals surface area (Å²) in [6, 6.07) is 18.4. The summed E-state index contributed by atoms with van der Waals surface area (Å²) in [6.07, 6.45) is 0.498. The highest BCUT2D eigenvalue weighted by Crippen LogP contribution is 2.54. The summed E-state index contributed by atoms with van der Waals surface area (Å²) in [5.41, 5.74) is 2.86. The monoisotopic (exact) mass is 340 g/mol. The van der Waals surface area contributed by atoms with Crippen molar-refractivity contribution in [1.29, 1.82) is 0 Å². The van der Waals surface area contributed by atoms with Crippen LogP contribution in [0.15, 0.2) is 48.5 Å². The minimum Gasteiger partial charge on any atom is -0.294 e. The molecular weight excluding hydrogens is 315 g/mol. The van der Waals surface area contributed by atoms with Gasteiger partial charge in [-0.15, -0.1) is 0 Å². The maximum Gasteiger partial charge on any atom is 0.164 e. The summed E-state index contributed by atoms with van der Waals surface area (Å²) in [5.74, 6) is -0.0731. The largest absolute Gasteiger partial charge is 0.294 e. The predicted octanol–water partition coefficient (Wildman–Crippen LogP) is 5.75. The smallest absolute Gasteiger partial charge is 0.164 e. The number of carbonyl (C=O) groups excluding carboxylic acids is 1. The third-order valence-electron chi connectivity index (χ3n) is 6.37. The van der Waals surface area contributed by atoms with Gasteiger partial charge in [-0.1, -0.05) is 69.2 Å². The summed E-state index contributed by atoms with van der Waals surface area (Å²) in [5, 5.41) is -0.305. The zero-order valence-electron chi connectivity index (χ0n) is 14.7. The molecule has 0 amide bonds. The van der Waals surface area contributed by atoms with Crippen molar-refractivity contribution in [1.82, 2.24) is 0 Å². The Hall–Kier alpha value is -1.74. The number of hydrogen-bond donors (Lipinski definition) is 0. The van der Waals surface area contributed by atoms with Crippen molar-refractivity contribution in [2.75, 3.05) is 0 Å². The van der Waals surface area contributed by atoms with Gasteiger partial charge < -0.3 is 0 Å². The molecule has 1 aliphatic carbocycles. The fraction of sp³-hybridized carbons (Fsp3) is 0.381. The highest BCUT2D eigenvalue weighted by Gasteiger charge is 2.57. The summed E-state index contributed by atoms with van der Waals surface area (Å²) >= 11 is 0. The average molecular weight is 341 g/mol. The fourth-order valence-electron chi connectivity index (χ4n) is 4.96. The van der Waals surface area contributed by atoms with Crippen LogP contribution in [0.3, 0.4) is 0 Å². The quantitative estimate of drug-likeness (QED) is 0.634. The van der Waals surface area contributed by atoms with Crippen LogP contribution >= 0.6 is 0 Å². The molecule has 0 saturated heterocycles. The topological polar surface area (TPSA) is 17.1 Å². The number of benzene rings is 2. The van der Waals surface area contributed by atoms with Gasteiger partial charge >= 0.3 is 0 Å². The molecule has 1 nitrogen and oxygen atoms in total. The molecular formula is C21H25FOSi. The van der Waals surface area contributed by atoms with E-state index >= 15 is 0 Å². The van der Waals surface area contributed by atoms with E-state index in [1.165, 1.54) is 11.6 Å². The molecule has 0 heterocycles. The average Bonchev–Trinajstić information content (AvgIpc) is 2.91. The Morgan fingerprint density at radius 3 is 2.21 bits per heavy atom. The van der Waals surface area contributed by atoms with Crippen LogP contribution in [0.4, 0.5) is 4.39 Å². The van der Waals surface area contributed by atoms with Crippen molar-refractivity contribution in [3.05, 3.63) is 71.0 Å². The van der Waals surface area contributed by atoms with Crippen LogP contribution in [0.2, 0.25) is 18.1 Å². The second-order valence-electron chi connectivity index (χ2n) is 6.90. The van der Waals surface area contributed by atoms with Crippen molar-refractivity contribution in [2.45, 2.75) is 50.4 Å². The van der Waals surface area contributed by atoms with Gasteiger partial charge in [-0.2, -0.15) is 0 Å². The third-order valence-corrected chi connectivity index (χ3v) is 13.0. The van der Waals surface area contributed by atoms with Crippen LogP contribution in [0.5, 0.6) is 0 Å². The lowest BCUT2D eigenvalue weighted by Crippen LogP contribution is -2.54. The van der Waals surface area contributed by atoms with E-state index in [1.54, 1.807) is 12.1 Å². The van der Waals surface area contributed by atoms with E-state index in [2.05, 4.69) is 32.9 Å². The Morgan fingerprint density at radius 1 is 1.00 bits per heavy atom. The lowest BCUT2D eigenvalue weighted by molar-refractivity contribution is 0.0987. The van der Waals surface area contributed by atoms with E-state index in [-0.39, 0.29) is 16.6 Å². The van der Waals surface area contributed by atoms with E-state index in [0.29, 0.717) is 6.42 Å². The number of carbonyl (C=O) groups is 1. The normalized spacial score (nSPS) is 20.2. The molecule has 0 fully saturated rings. The van der Waals surface area contributed by atoms with E-state index in [9.17, 15) is 9.18 Å². The summed E-state index contributed by atoms with van der Waals surface area (Å²) in [6.45, 7) is 6.77. The van der Waals surface area contributed by atoms with Gasteiger partial charge in [-0.05, 0) is 29.3 Å². The van der Waals surface area contributed by atoms with Gasteiger partial charge in [0.1, 0.15) is 5.82 Å². The molecule has 0 saturated carbocycles. The summed E-state index contributed by atoms with van der Waals surface area (Å²) in [4.78, 5) is 12.9. The van der Waals surface area contributed by atoms with Crippen molar-refractivity contribution in [3.63, 3.8) is 0 Å². The molecule has 0 radical (unpaired) electrons. The van der Waals surface area contributed by atoms with Crippen molar-refractivity contribution >= 4 is 13.9 Å². The second kappa shape index (κ2) is 6.28. The number of Topliss-reactive ketones (excluding diaryl/α,β-unsaturated/α-hetero) is 1. The molecule has 2 aromatic carbocycles. The van der Waals surface area contributed by atoms with E-state index < -0.39 is 8.07 Å². The number of halogens is 1. The highest BCUT2D eigenvalue weighted by molar-refractivity contribution is 6.83. The molecule has 3 rings (SSSR count). The first-order valence-electron chi connectivity index (χ1n) is 8.93. The van der Waals surface area contributed by atoms with Crippen molar-refractivity contribution < 1.29 is 9.18 Å². The third kappa shape index (κ3) is 2.21. The SMILES string of the molecule is CC[Si](CC)(CC)[C@@]1(c2ccccc2)CC(=O)c2ccc(F)cc21. The molecule has 24 heavy (non-hydrogen) atoms. The lowest BCUT2D eigenvalue weighted by Gasteiger charge is -2.47. The first-order valence-corrected chi connectivity index (χ1v) is 11.6. The number of rotatable bonds is 5. The minimum absolute atomic E-state index is 0.168. The molecule has 0 bridgehead atoms. The molecule has 0 aromatic heterocycles. The maximum atomic E-state index is 14.2. The molecule has 0 N–H and O–H groups in total. The Labute approximate surface area is 144 Å². The standard InChI is InChI=1S/C21H25FOSi/c1-4-24(5-2,6-3)21(16-10-8-7-9-11-16)15-20(23)18-13-12-17(22)14-19(18)21/h7-14H,4-6,15H2,1-3H3/t21-/m1/s1. The first-order chi connectivity index (χ1) is 11.5. The number of ketones is 1. The van der Waals surface area contributed by atoms with E-state index in [1.807, 2.05) is 18.2 Å². The van der Waals surface area contributed by atoms with Crippen molar-refractivity contribution in [2.24, 2.45) is 0 Å². The van der Waals surface area contributed by atoms with Crippen LogP contribution in [-0.4, -0.2) is 13.9 Å². The van der Waals surface area contributed by atoms with Crippen LogP contribution in [-0.2, 0) is 5.04 Å². The summed E-state index contributed by atoms with van der Waals surface area (Å²) < 4.78 is 14.2. The van der Waals surface area contributed by atoms with Gasteiger partial charge in [0.25, 0.3) is 0 Å². The second-order valence-corrected chi connectivity index (χ2v) is 12.4. The first kappa shape index (κ1) is 17.1. The molecule has 126 valence electrons. The number of fused-ring (bicyclic) bond motifs is 1. The Bertz CT molecular complexity index is 743. The van der Waals surface area contributed by atoms with Gasteiger partial charge in [0.05, 0.1) is 8.07 Å². The molecule has 1 aliphatic rings. The van der Waals surface area contributed by atoms with Gasteiger partial charge in [-0.3, -0.25) is 4.79 Å². The molecule has 0 aliphatic heterocycles. The van der Waals surface area contributed by atoms with E-state index in [0.717, 1.165) is 29.3 Å². The van der Waals surface area contributed by atoms with Gasteiger partial charge in [0.15, 0.2) is 5.78 Å². The minimum atomic E-state index is -1.88. The van der Waals surface area contributed by atoms with E-state index in [4.69, 9.17) is 0 Å². The number of hydrogen-bond acceptors (Lipinski definition) is 1. The van der Waals surface area contributed by atoms with Gasteiger partial charge in [0.2, 0.25) is 0 Å². The maximum absolute atomic E-state index is 14.2. The molecule has 3 heteroatoms. The zero-order chi connectivity index (χ0) is 17.4. The predicted molar refractivity (Wildman–Crippen MR) is 99.8 cm³/mol. The molecule has 0 spiro atoms. The fourth-order valence-corrected chi connectivity index (χ4v) is 10.4. The van der Waals surface area contributed by atoms with Crippen LogP contribution in [0, 0.1) is 5.82 Å². The molecule has 2 aromatic rings. The highest BCUT2D eigenvalue weighted by atomic mass is 28.3. The lowest BCUT2D eigenvalue weighted by atomic mass is 9.91. The van der Waals surface area contributed by atoms with Crippen LogP contribution in [0.1, 0.15) is 48.7 Å². The van der Waals surface area contributed by atoms with Crippen molar-refractivity contribution in [3.8, 4) is 0 Å². The van der Waals surface area contributed by atoms with Crippen LogP contribution in [0.25, 0.3) is 0 Å². The Morgan fingerprint density at radius 2 is 1.62 bits per heavy atom. The van der Waals surface area contributed by atoms with Gasteiger partial charge in [0, 0.05) is 17.0 Å². The Balaban J connectivity index is 2.39. The van der Waals surface area contributed by atoms with Gasteiger partial charge in [-0.25, -0.2) is 4.39 Å². The molecule has 0 unspecified atom stereocenters. The zero-order valence-corrected chi connectivity index (χ0v) is 15.7. The Kier molecular flexibility index (Phi) is 4.48.